The molecule has 1 saturated carbocycles. The quantitative estimate of drug-likeness (QED) is 0.784. The summed E-state index contributed by atoms with van der Waals surface area (Å²) in [5.41, 5.74) is 1.08. The van der Waals surface area contributed by atoms with Crippen molar-refractivity contribution in [3.63, 3.8) is 0 Å². The molecule has 3 rings (SSSR count). The van der Waals surface area contributed by atoms with Gasteiger partial charge in [0.1, 0.15) is 0 Å². The van der Waals surface area contributed by atoms with Gasteiger partial charge in [0.2, 0.25) is 0 Å². The third-order valence-corrected chi connectivity index (χ3v) is 5.49. The highest BCUT2D eigenvalue weighted by Crippen LogP contribution is 2.43. The fourth-order valence-corrected chi connectivity index (χ4v) is 3.98. The SMILES string of the molecule is CCC1CCCN(c2nc(C3CC3)c(C=O)s2)CC1. The predicted octanol–water partition coefficient (Wildman–Crippen LogP) is 3.85. The summed E-state index contributed by atoms with van der Waals surface area (Å²) in [7, 11) is 0. The van der Waals surface area contributed by atoms with Crippen LogP contribution in [0.25, 0.3) is 0 Å². The average molecular weight is 278 g/mol. The molecule has 0 N–H and O–H groups in total. The summed E-state index contributed by atoms with van der Waals surface area (Å²) in [5, 5.41) is 1.08. The minimum absolute atomic E-state index is 0.570. The van der Waals surface area contributed by atoms with E-state index in [1.54, 1.807) is 11.3 Å². The number of aromatic nitrogens is 1. The lowest BCUT2D eigenvalue weighted by molar-refractivity contribution is 0.112. The zero-order valence-corrected chi connectivity index (χ0v) is 12.4. The van der Waals surface area contributed by atoms with Crippen LogP contribution < -0.4 is 4.90 Å². The molecule has 1 aromatic rings. The standard InChI is InChI=1S/C15H22N2OS/c1-2-11-4-3-8-17(9-7-11)15-16-14(12-5-6-12)13(10-18)19-15/h10-12H,2-9H2,1H3. The van der Waals surface area contributed by atoms with Gasteiger partial charge in [-0.05, 0) is 38.0 Å². The molecule has 0 amide bonds. The second kappa shape index (κ2) is 5.61. The third kappa shape index (κ3) is 2.83. The molecule has 19 heavy (non-hydrogen) atoms. The Morgan fingerprint density at radius 3 is 2.84 bits per heavy atom. The Hall–Kier alpha value is -0.900. The van der Waals surface area contributed by atoms with E-state index in [4.69, 9.17) is 4.98 Å². The molecule has 2 heterocycles. The average Bonchev–Trinajstić information content (AvgIpc) is 3.23. The van der Waals surface area contributed by atoms with Crippen molar-refractivity contribution in [2.75, 3.05) is 18.0 Å². The molecule has 4 heteroatoms. The van der Waals surface area contributed by atoms with Crippen molar-refractivity contribution < 1.29 is 4.79 Å². The lowest BCUT2D eigenvalue weighted by atomic mass is 9.98. The highest BCUT2D eigenvalue weighted by Gasteiger charge is 2.30. The molecule has 3 nitrogen and oxygen atoms in total. The van der Waals surface area contributed by atoms with Crippen LogP contribution in [-0.4, -0.2) is 24.4 Å². The zero-order valence-electron chi connectivity index (χ0n) is 11.6. The van der Waals surface area contributed by atoms with Crippen LogP contribution in [0.2, 0.25) is 0 Å². The first-order valence-electron chi connectivity index (χ1n) is 7.52. The van der Waals surface area contributed by atoms with Gasteiger partial charge in [-0.1, -0.05) is 24.7 Å². The second-order valence-corrected chi connectivity index (χ2v) is 6.84. The van der Waals surface area contributed by atoms with Crippen molar-refractivity contribution in [2.24, 2.45) is 5.92 Å². The van der Waals surface area contributed by atoms with Crippen LogP contribution in [0.3, 0.4) is 0 Å². The van der Waals surface area contributed by atoms with Gasteiger partial charge in [-0.25, -0.2) is 4.98 Å². The molecule has 2 fully saturated rings. The van der Waals surface area contributed by atoms with Crippen LogP contribution in [-0.2, 0) is 0 Å². The molecule has 1 aliphatic carbocycles. The largest absolute Gasteiger partial charge is 0.348 e. The normalized spacial score (nSPS) is 24.3. The molecule has 0 spiro atoms. The zero-order chi connectivity index (χ0) is 13.2. The van der Waals surface area contributed by atoms with Gasteiger partial charge in [0.25, 0.3) is 0 Å². The molecule has 1 aliphatic heterocycles. The molecule has 104 valence electrons. The Morgan fingerprint density at radius 1 is 1.32 bits per heavy atom. The van der Waals surface area contributed by atoms with Crippen LogP contribution in [0.1, 0.15) is 66.7 Å². The number of hydrogen-bond acceptors (Lipinski definition) is 4. The van der Waals surface area contributed by atoms with E-state index >= 15 is 0 Å². The molecule has 1 atom stereocenters. The summed E-state index contributed by atoms with van der Waals surface area (Å²) in [6.45, 7) is 4.50. The summed E-state index contributed by atoms with van der Waals surface area (Å²) < 4.78 is 0. The Kier molecular flexibility index (Phi) is 3.87. The van der Waals surface area contributed by atoms with Crippen molar-refractivity contribution in [3.05, 3.63) is 10.6 Å². The Balaban J connectivity index is 1.76. The number of anilines is 1. The van der Waals surface area contributed by atoms with E-state index in [1.165, 1.54) is 38.5 Å². The first kappa shape index (κ1) is 13.1. The van der Waals surface area contributed by atoms with Crippen molar-refractivity contribution in [1.29, 1.82) is 0 Å². The van der Waals surface area contributed by atoms with E-state index in [0.717, 1.165) is 41.0 Å². The number of aldehydes is 1. The summed E-state index contributed by atoms with van der Waals surface area (Å²) in [6.07, 6.45) is 8.58. The fraction of sp³-hybridized carbons (Fsp3) is 0.733. The van der Waals surface area contributed by atoms with E-state index < -0.39 is 0 Å². The van der Waals surface area contributed by atoms with Crippen LogP contribution in [0.15, 0.2) is 0 Å². The number of rotatable bonds is 4. The molecule has 2 aliphatic rings. The third-order valence-electron chi connectivity index (χ3n) is 4.44. The summed E-state index contributed by atoms with van der Waals surface area (Å²) >= 11 is 1.60. The molecule has 0 bridgehead atoms. The number of nitrogens with zero attached hydrogens (tertiary/aromatic N) is 2. The Labute approximate surface area is 119 Å². The lowest BCUT2D eigenvalue weighted by Gasteiger charge is -2.19. The lowest BCUT2D eigenvalue weighted by Crippen LogP contribution is -2.24. The molecule has 1 saturated heterocycles. The maximum absolute atomic E-state index is 11.2. The molecule has 0 aromatic carbocycles. The van der Waals surface area contributed by atoms with Crippen molar-refractivity contribution in [1.82, 2.24) is 4.98 Å². The maximum Gasteiger partial charge on any atom is 0.186 e. The minimum Gasteiger partial charge on any atom is -0.348 e. The van der Waals surface area contributed by atoms with Gasteiger partial charge in [-0.15, -0.1) is 0 Å². The number of thiazole rings is 1. The van der Waals surface area contributed by atoms with E-state index in [9.17, 15) is 4.79 Å². The van der Waals surface area contributed by atoms with Crippen LogP contribution >= 0.6 is 11.3 Å². The first-order valence-corrected chi connectivity index (χ1v) is 8.34. The maximum atomic E-state index is 11.2. The van der Waals surface area contributed by atoms with Gasteiger partial charge in [0, 0.05) is 19.0 Å². The number of hydrogen-bond donors (Lipinski definition) is 0. The van der Waals surface area contributed by atoms with Gasteiger partial charge < -0.3 is 4.90 Å². The first-order chi connectivity index (χ1) is 9.31. The number of carbonyl (C=O) groups excluding carboxylic acids is 1. The van der Waals surface area contributed by atoms with Crippen LogP contribution in [0, 0.1) is 5.92 Å². The number of carbonyl (C=O) groups is 1. The van der Waals surface area contributed by atoms with Gasteiger partial charge in [-0.2, -0.15) is 0 Å². The van der Waals surface area contributed by atoms with Crippen molar-refractivity contribution in [2.45, 2.75) is 51.4 Å². The van der Waals surface area contributed by atoms with Crippen molar-refractivity contribution >= 4 is 22.8 Å². The molecular formula is C15H22N2OS. The Morgan fingerprint density at radius 2 is 2.16 bits per heavy atom. The monoisotopic (exact) mass is 278 g/mol. The van der Waals surface area contributed by atoms with E-state index in [0.29, 0.717) is 5.92 Å². The molecule has 1 aromatic heterocycles. The van der Waals surface area contributed by atoms with Crippen LogP contribution in [0.5, 0.6) is 0 Å². The van der Waals surface area contributed by atoms with E-state index in [2.05, 4.69) is 11.8 Å². The molecular weight excluding hydrogens is 256 g/mol. The van der Waals surface area contributed by atoms with Gasteiger partial charge in [0.05, 0.1) is 10.6 Å². The fourth-order valence-electron chi connectivity index (χ4n) is 2.97. The smallest absolute Gasteiger partial charge is 0.186 e. The van der Waals surface area contributed by atoms with Gasteiger partial charge >= 0.3 is 0 Å². The Bertz CT molecular complexity index is 453. The predicted molar refractivity (Wildman–Crippen MR) is 79.3 cm³/mol. The summed E-state index contributed by atoms with van der Waals surface area (Å²) in [5.74, 6) is 1.44. The van der Waals surface area contributed by atoms with Gasteiger partial charge in [0.15, 0.2) is 11.4 Å². The summed E-state index contributed by atoms with van der Waals surface area (Å²) in [6, 6.07) is 0. The second-order valence-electron chi connectivity index (χ2n) is 5.83. The minimum atomic E-state index is 0.570. The van der Waals surface area contributed by atoms with Gasteiger partial charge in [-0.3, -0.25) is 4.79 Å². The highest BCUT2D eigenvalue weighted by atomic mass is 32.1. The van der Waals surface area contributed by atoms with Crippen LogP contribution in [0.4, 0.5) is 5.13 Å². The van der Waals surface area contributed by atoms with E-state index in [1.807, 2.05) is 0 Å². The molecule has 0 radical (unpaired) electrons. The van der Waals surface area contributed by atoms with Crippen molar-refractivity contribution in [3.8, 4) is 0 Å². The highest BCUT2D eigenvalue weighted by molar-refractivity contribution is 7.17. The van der Waals surface area contributed by atoms with E-state index in [-0.39, 0.29) is 0 Å². The topological polar surface area (TPSA) is 33.2 Å². The summed E-state index contributed by atoms with van der Waals surface area (Å²) in [4.78, 5) is 19.2. The molecule has 1 unspecified atom stereocenters.